The van der Waals surface area contributed by atoms with E-state index in [1.54, 1.807) is 0 Å². The molecule has 0 bridgehead atoms. The van der Waals surface area contributed by atoms with Crippen LogP contribution in [-0.4, -0.2) is 47.4 Å². The van der Waals surface area contributed by atoms with Crippen LogP contribution in [0.5, 0.6) is 0 Å². The molecule has 2 saturated heterocycles. The van der Waals surface area contributed by atoms with E-state index in [0.717, 1.165) is 45.3 Å². The fraction of sp³-hybridized carbons (Fsp3) is 0.857. The van der Waals surface area contributed by atoms with Gasteiger partial charge in [0, 0.05) is 19.6 Å². The van der Waals surface area contributed by atoms with Gasteiger partial charge in [0.05, 0.1) is 18.2 Å². The number of hydrogen-bond donors (Lipinski definition) is 0. The number of rotatable bonds is 2. The number of likely N-dealkylation sites (tertiary alicyclic amines) is 2. The molecule has 2 heterocycles. The number of carbonyl (C=O) groups excluding carboxylic acids is 1. The van der Waals surface area contributed by atoms with E-state index in [4.69, 9.17) is 5.26 Å². The summed E-state index contributed by atoms with van der Waals surface area (Å²) in [5.41, 5.74) is 0. The van der Waals surface area contributed by atoms with Gasteiger partial charge in [0.1, 0.15) is 0 Å². The number of hydrogen-bond acceptors (Lipinski definition) is 3. The van der Waals surface area contributed by atoms with E-state index in [1.807, 2.05) is 11.8 Å². The summed E-state index contributed by atoms with van der Waals surface area (Å²) in [7, 11) is 0. The lowest BCUT2D eigenvalue weighted by Gasteiger charge is -2.31. The molecule has 2 atom stereocenters. The topological polar surface area (TPSA) is 47.3 Å². The first-order chi connectivity index (χ1) is 8.74. The van der Waals surface area contributed by atoms with Gasteiger partial charge in [-0.3, -0.25) is 9.69 Å². The predicted molar refractivity (Wildman–Crippen MR) is 69.9 cm³/mol. The minimum absolute atomic E-state index is 0.0593. The molecule has 2 aliphatic rings. The average molecular weight is 249 g/mol. The maximum Gasteiger partial charge on any atom is 0.239 e. The third-order valence-electron chi connectivity index (χ3n) is 4.22. The van der Waals surface area contributed by atoms with Crippen LogP contribution in [0.2, 0.25) is 0 Å². The van der Waals surface area contributed by atoms with Crippen LogP contribution in [0.25, 0.3) is 0 Å². The Bertz CT molecular complexity index is 328. The molecule has 0 N–H and O–H groups in total. The largest absolute Gasteiger partial charge is 0.341 e. The van der Waals surface area contributed by atoms with E-state index < -0.39 is 0 Å². The van der Waals surface area contributed by atoms with Crippen LogP contribution >= 0.6 is 0 Å². The van der Waals surface area contributed by atoms with Gasteiger partial charge in [-0.05, 0) is 32.6 Å². The molecule has 0 saturated carbocycles. The Morgan fingerprint density at radius 1 is 1.17 bits per heavy atom. The second-order valence-electron chi connectivity index (χ2n) is 5.44. The summed E-state index contributed by atoms with van der Waals surface area (Å²) in [4.78, 5) is 16.6. The summed E-state index contributed by atoms with van der Waals surface area (Å²) in [6, 6.07) is 2.13. The summed E-state index contributed by atoms with van der Waals surface area (Å²) < 4.78 is 0. The highest BCUT2D eigenvalue weighted by Gasteiger charge is 2.33. The maximum atomic E-state index is 12.5. The van der Waals surface area contributed by atoms with Crippen molar-refractivity contribution in [3.63, 3.8) is 0 Å². The molecule has 0 spiro atoms. The average Bonchev–Trinajstić information content (AvgIpc) is 2.70. The highest BCUT2D eigenvalue weighted by molar-refractivity contribution is 5.81. The molecule has 0 aromatic rings. The lowest BCUT2D eigenvalue weighted by atomic mass is 10.2. The lowest BCUT2D eigenvalue weighted by Crippen LogP contribution is -2.48. The maximum absolute atomic E-state index is 12.5. The molecule has 0 aromatic carbocycles. The first-order valence-electron chi connectivity index (χ1n) is 7.18. The van der Waals surface area contributed by atoms with Crippen LogP contribution in [0.3, 0.4) is 0 Å². The monoisotopic (exact) mass is 249 g/mol. The van der Waals surface area contributed by atoms with Crippen LogP contribution in [0.4, 0.5) is 0 Å². The van der Waals surface area contributed by atoms with Crippen molar-refractivity contribution in [1.82, 2.24) is 9.80 Å². The van der Waals surface area contributed by atoms with Crippen LogP contribution in [0.1, 0.15) is 45.4 Å². The van der Waals surface area contributed by atoms with E-state index in [1.165, 1.54) is 12.8 Å². The summed E-state index contributed by atoms with van der Waals surface area (Å²) in [6.07, 6.45) is 6.68. The van der Waals surface area contributed by atoms with Crippen LogP contribution in [-0.2, 0) is 4.79 Å². The Morgan fingerprint density at radius 2 is 1.83 bits per heavy atom. The fourth-order valence-electron chi connectivity index (χ4n) is 3.09. The zero-order valence-corrected chi connectivity index (χ0v) is 11.3. The van der Waals surface area contributed by atoms with Crippen LogP contribution < -0.4 is 0 Å². The second kappa shape index (κ2) is 6.19. The van der Waals surface area contributed by atoms with Crippen LogP contribution in [0, 0.1) is 11.3 Å². The summed E-state index contributed by atoms with van der Waals surface area (Å²) in [5, 5.41) is 9.11. The van der Waals surface area contributed by atoms with Crippen molar-refractivity contribution >= 4 is 5.91 Å². The summed E-state index contributed by atoms with van der Waals surface area (Å²) in [5.74, 6) is 0.221. The first-order valence-corrected chi connectivity index (χ1v) is 7.18. The van der Waals surface area contributed by atoms with Gasteiger partial charge < -0.3 is 4.90 Å². The van der Waals surface area contributed by atoms with Crippen molar-refractivity contribution in [3.05, 3.63) is 0 Å². The Hall–Kier alpha value is -1.08. The number of nitriles is 1. The highest BCUT2D eigenvalue weighted by Crippen LogP contribution is 2.21. The molecule has 0 aromatic heterocycles. The van der Waals surface area contributed by atoms with Crippen LogP contribution in [0.15, 0.2) is 0 Å². The molecular formula is C14H23N3O. The number of amides is 1. The third-order valence-corrected chi connectivity index (χ3v) is 4.22. The van der Waals surface area contributed by atoms with E-state index in [2.05, 4.69) is 11.0 Å². The molecule has 1 amide bonds. The van der Waals surface area contributed by atoms with Crippen molar-refractivity contribution in [1.29, 1.82) is 5.26 Å². The van der Waals surface area contributed by atoms with Crippen molar-refractivity contribution in [2.24, 2.45) is 0 Å². The molecule has 18 heavy (non-hydrogen) atoms. The zero-order valence-electron chi connectivity index (χ0n) is 11.3. The molecule has 4 heteroatoms. The molecule has 2 fully saturated rings. The lowest BCUT2D eigenvalue weighted by molar-refractivity contribution is -0.136. The predicted octanol–water partition coefficient (Wildman–Crippen LogP) is 1.77. The zero-order chi connectivity index (χ0) is 13.0. The van der Waals surface area contributed by atoms with E-state index in [-0.39, 0.29) is 18.0 Å². The standard InChI is InChI=1S/C14H23N3O/c1-12(17-10-6-7-13(17)11-15)14(18)16-8-4-2-3-5-9-16/h12-13H,2-10H2,1H3. The van der Waals surface area contributed by atoms with Crippen molar-refractivity contribution in [2.75, 3.05) is 19.6 Å². The van der Waals surface area contributed by atoms with E-state index in [9.17, 15) is 4.79 Å². The second-order valence-corrected chi connectivity index (χ2v) is 5.44. The number of nitrogens with zero attached hydrogens (tertiary/aromatic N) is 3. The van der Waals surface area contributed by atoms with E-state index >= 15 is 0 Å². The van der Waals surface area contributed by atoms with Gasteiger partial charge in [-0.15, -0.1) is 0 Å². The Kier molecular flexibility index (Phi) is 4.60. The minimum Gasteiger partial charge on any atom is -0.341 e. The molecule has 4 nitrogen and oxygen atoms in total. The minimum atomic E-state index is -0.129. The molecule has 2 unspecified atom stereocenters. The molecule has 0 aliphatic carbocycles. The quantitative estimate of drug-likeness (QED) is 0.749. The van der Waals surface area contributed by atoms with Crippen molar-refractivity contribution in [2.45, 2.75) is 57.5 Å². The Morgan fingerprint density at radius 3 is 2.44 bits per heavy atom. The highest BCUT2D eigenvalue weighted by atomic mass is 16.2. The fourth-order valence-corrected chi connectivity index (χ4v) is 3.09. The van der Waals surface area contributed by atoms with Gasteiger partial charge in [-0.1, -0.05) is 12.8 Å². The van der Waals surface area contributed by atoms with Gasteiger partial charge in [0.15, 0.2) is 0 Å². The molecule has 2 rings (SSSR count). The number of carbonyl (C=O) groups is 1. The molecular weight excluding hydrogens is 226 g/mol. The smallest absolute Gasteiger partial charge is 0.239 e. The summed E-state index contributed by atoms with van der Waals surface area (Å²) in [6.45, 7) is 4.64. The summed E-state index contributed by atoms with van der Waals surface area (Å²) >= 11 is 0. The normalized spacial score (nSPS) is 27.6. The molecule has 0 radical (unpaired) electrons. The van der Waals surface area contributed by atoms with Gasteiger partial charge in [0.2, 0.25) is 5.91 Å². The third kappa shape index (κ3) is 2.84. The van der Waals surface area contributed by atoms with Crippen molar-refractivity contribution < 1.29 is 4.79 Å². The van der Waals surface area contributed by atoms with Gasteiger partial charge in [-0.25, -0.2) is 0 Å². The van der Waals surface area contributed by atoms with Crippen molar-refractivity contribution in [3.8, 4) is 6.07 Å². The SMILES string of the molecule is CC(C(=O)N1CCCCCC1)N1CCCC1C#N. The van der Waals surface area contributed by atoms with E-state index in [0.29, 0.717) is 0 Å². The Labute approximate surface area is 110 Å². The van der Waals surface area contributed by atoms with Gasteiger partial charge in [0.25, 0.3) is 0 Å². The molecule has 100 valence electrons. The first kappa shape index (κ1) is 13.4. The van der Waals surface area contributed by atoms with Gasteiger partial charge in [-0.2, -0.15) is 5.26 Å². The van der Waals surface area contributed by atoms with Gasteiger partial charge >= 0.3 is 0 Å². The Balaban J connectivity index is 1.97. The molecule has 2 aliphatic heterocycles.